The van der Waals surface area contributed by atoms with E-state index in [1.807, 2.05) is 24.3 Å². The molecule has 0 fully saturated rings. The van der Waals surface area contributed by atoms with Crippen LogP contribution in [0.25, 0.3) is 10.1 Å². The van der Waals surface area contributed by atoms with Gasteiger partial charge in [-0.15, -0.1) is 11.3 Å². The fraction of sp³-hybridized carbons (Fsp3) is 0.0417. The van der Waals surface area contributed by atoms with Gasteiger partial charge in [0.15, 0.2) is 6.61 Å². The molecule has 0 radical (unpaired) electrons. The molecular weight excluding hydrogens is 483 g/mol. The van der Waals surface area contributed by atoms with E-state index >= 15 is 0 Å². The molecule has 3 aromatic carbocycles. The van der Waals surface area contributed by atoms with Gasteiger partial charge in [-0.1, -0.05) is 59.6 Å². The van der Waals surface area contributed by atoms with Crippen molar-refractivity contribution in [3.63, 3.8) is 0 Å². The Labute approximate surface area is 203 Å². The number of nitrogens with one attached hydrogen (secondary N) is 1. The maximum absolute atomic E-state index is 12.6. The molecule has 0 aliphatic carbocycles. The van der Waals surface area contributed by atoms with Crippen molar-refractivity contribution in [2.24, 2.45) is 5.10 Å². The molecule has 0 aliphatic rings. The van der Waals surface area contributed by atoms with Crippen LogP contribution in [0.15, 0.2) is 77.9 Å². The lowest BCUT2D eigenvalue weighted by atomic mass is 10.2. The van der Waals surface area contributed by atoms with Crippen molar-refractivity contribution >= 4 is 62.7 Å². The lowest BCUT2D eigenvalue weighted by Crippen LogP contribution is -2.24. The number of hydrogen-bond acceptors (Lipinski definition) is 6. The van der Waals surface area contributed by atoms with Gasteiger partial charge in [0.2, 0.25) is 0 Å². The highest BCUT2D eigenvalue weighted by atomic mass is 35.5. The largest absolute Gasteiger partial charge is 0.484 e. The third-order valence-electron chi connectivity index (χ3n) is 4.36. The first-order valence-electron chi connectivity index (χ1n) is 9.69. The van der Waals surface area contributed by atoms with Gasteiger partial charge in [-0.3, -0.25) is 4.79 Å². The molecule has 9 heteroatoms. The van der Waals surface area contributed by atoms with E-state index in [0.717, 1.165) is 10.1 Å². The second kappa shape index (κ2) is 10.5. The number of rotatable bonds is 7. The van der Waals surface area contributed by atoms with Gasteiger partial charge in [0.05, 0.1) is 11.2 Å². The third-order valence-corrected chi connectivity index (χ3v) is 6.25. The Hall–Kier alpha value is -3.39. The topological polar surface area (TPSA) is 77.0 Å². The Balaban J connectivity index is 1.34. The van der Waals surface area contributed by atoms with Crippen LogP contribution in [0, 0.1) is 0 Å². The summed E-state index contributed by atoms with van der Waals surface area (Å²) in [7, 11) is 0. The molecule has 1 amide bonds. The number of thiophene rings is 1. The normalized spacial score (nSPS) is 11.0. The molecule has 0 spiro atoms. The average molecular weight is 499 g/mol. The van der Waals surface area contributed by atoms with Crippen LogP contribution in [0.4, 0.5) is 0 Å². The molecule has 4 aromatic rings. The van der Waals surface area contributed by atoms with E-state index < -0.39 is 11.9 Å². The zero-order chi connectivity index (χ0) is 23.2. The minimum atomic E-state index is -0.540. The minimum absolute atomic E-state index is 0.217. The number of esters is 1. The molecule has 0 unspecified atom stereocenters. The first-order chi connectivity index (χ1) is 16.0. The lowest BCUT2D eigenvalue weighted by molar-refractivity contribution is -0.123. The summed E-state index contributed by atoms with van der Waals surface area (Å²) >= 11 is 13.5. The maximum Gasteiger partial charge on any atom is 0.355 e. The van der Waals surface area contributed by atoms with Crippen LogP contribution in [-0.4, -0.2) is 24.7 Å². The first-order valence-corrected chi connectivity index (χ1v) is 11.3. The highest BCUT2D eigenvalue weighted by molar-refractivity contribution is 7.21. The van der Waals surface area contributed by atoms with Crippen molar-refractivity contribution in [3.05, 3.63) is 93.3 Å². The predicted octanol–water partition coefficient (Wildman–Crippen LogP) is 5.96. The summed E-state index contributed by atoms with van der Waals surface area (Å²) in [6.45, 7) is -0.217. The van der Waals surface area contributed by atoms with Gasteiger partial charge in [-0.25, -0.2) is 10.2 Å². The summed E-state index contributed by atoms with van der Waals surface area (Å²) in [6, 6.07) is 21.0. The maximum atomic E-state index is 12.6. The molecule has 0 atom stereocenters. The standard InChI is InChI=1S/C24H16Cl2N2O4S/c25-16-6-4-7-17(12-16)31-14-21(29)28-27-13-15-5-3-8-18(11-15)32-24(30)23-22(26)19-9-1-2-10-20(19)33-23/h1-13H,14H2,(H,28,29). The highest BCUT2D eigenvalue weighted by Gasteiger charge is 2.19. The van der Waals surface area contributed by atoms with Gasteiger partial charge >= 0.3 is 5.97 Å². The Kier molecular flexibility index (Phi) is 7.24. The molecule has 6 nitrogen and oxygen atoms in total. The zero-order valence-electron chi connectivity index (χ0n) is 17.0. The number of fused-ring (bicyclic) bond motifs is 1. The van der Waals surface area contributed by atoms with Crippen molar-refractivity contribution in [2.45, 2.75) is 0 Å². The Morgan fingerprint density at radius 3 is 2.58 bits per heavy atom. The summed E-state index contributed by atoms with van der Waals surface area (Å²) in [5, 5.41) is 5.61. The van der Waals surface area contributed by atoms with Gasteiger partial charge in [0, 0.05) is 15.1 Å². The molecule has 1 N–H and O–H groups in total. The molecular formula is C24H16Cl2N2O4S. The van der Waals surface area contributed by atoms with E-state index in [9.17, 15) is 9.59 Å². The smallest absolute Gasteiger partial charge is 0.355 e. The third kappa shape index (κ3) is 5.90. The number of halogens is 2. The number of ether oxygens (including phenoxy) is 2. The molecule has 0 saturated carbocycles. The van der Waals surface area contributed by atoms with Crippen LogP contribution in [0.1, 0.15) is 15.2 Å². The van der Waals surface area contributed by atoms with Gasteiger partial charge < -0.3 is 9.47 Å². The van der Waals surface area contributed by atoms with Crippen LogP contribution < -0.4 is 14.9 Å². The Bertz CT molecular complexity index is 1350. The van der Waals surface area contributed by atoms with Crippen LogP contribution in [0.2, 0.25) is 10.0 Å². The number of benzene rings is 3. The van der Waals surface area contributed by atoms with Crippen LogP contribution in [0.3, 0.4) is 0 Å². The Morgan fingerprint density at radius 2 is 1.76 bits per heavy atom. The Morgan fingerprint density at radius 1 is 0.970 bits per heavy atom. The number of carbonyl (C=O) groups is 2. The SMILES string of the molecule is O=C(COc1cccc(Cl)c1)NN=Cc1cccc(OC(=O)c2sc3ccccc3c2Cl)c1. The lowest BCUT2D eigenvalue weighted by Gasteiger charge is -2.05. The predicted molar refractivity (Wildman–Crippen MR) is 131 cm³/mol. The number of hydrazone groups is 1. The summed E-state index contributed by atoms with van der Waals surface area (Å²) in [6.07, 6.45) is 1.43. The molecule has 166 valence electrons. The quantitative estimate of drug-likeness (QED) is 0.147. The second-order valence-corrected chi connectivity index (χ2v) is 8.61. The molecule has 4 rings (SSSR count). The van der Waals surface area contributed by atoms with Gasteiger partial charge in [0.1, 0.15) is 16.4 Å². The van der Waals surface area contributed by atoms with Crippen molar-refractivity contribution in [1.82, 2.24) is 5.43 Å². The zero-order valence-corrected chi connectivity index (χ0v) is 19.3. The van der Waals surface area contributed by atoms with Crippen molar-refractivity contribution < 1.29 is 19.1 Å². The summed E-state index contributed by atoms with van der Waals surface area (Å²) in [5.74, 6) is -0.169. The van der Waals surface area contributed by atoms with Crippen LogP contribution in [-0.2, 0) is 4.79 Å². The van der Waals surface area contributed by atoms with Crippen molar-refractivity contribution in [3.8, 4) is 11.5 Å². The molecule has 33 heavy (non-hydrogen) atoms. The van der Waals surface area contributed by atoms with E-state index in [1.54, 1.807) is 48.5 Å². The first kappa shape index (κ1) is 22.8. The van der Waals surface area contributed by atoms with E-state index in [4.69, 9.17) is 32.7 Å². The van der Waals surface area contributed by atoms with Crippen molar-refractivity contribution in [1.29, 1.82) is 0 Å². The summed E-state index contributed by atoms with van der Waals surface area (Å²) in [4.78, 5) is 24.9. The van der Waals surface area contributed by atoms with Crippen molar-refractivity contribution in [2.75, 3.05) is 6.61 Å². The number of carbonyl (C=O) groups excluding carboxylic acids is 2. The molecule has 1 aromatic heterocycles. The fourth-order valence-electron chi connectivity index (χ4n) is 2.87. The highest BCUT2D eigenvalue weighted by Crippen LogP contribution is 2.35. The number of nitrogens with zero attached hydrogens (tertiary/aromatic N) is 1. The molecule has 0 bridgehead atoms. The molecule has 0 aliphatic heterocycles. The minimum Gasteiger partial charge on any atom is -0.484 e. The molecule has 1 heterocycles. The van der Waals surface area contributed by atoms with Gasteiger partial charge in [-0.05, 0) is 42.0 Å². The van der Waals surface area contributed by atoms with Gasteiger partial charge in [0.25, 0.3) is 5.91 Å². The van der Waals surface area contributed by atoms with Gasteiger partial charge in [-0.2, -0.15) is 5.10 Å². The van der Waals surface area contributed by atoms with Crippen LogP contribution >= 0.6 is 34.5 Å². The average Bonchev–Trinajstić information content (AvgIpc) is 3.15. The van der Waals surface area contributed by atoms with E-state index in [-0.39, 0.29) is 6.61 Å². The number of amides is 1. The van der Waals surface area contributed by atoms with E-state index in [1.165, 1.54) is 17.6 Å². The number of hydrogen-bond donors (Lipinski definition) is 1. The molecule has 0 saturated heterocycles. The fourth-order valence-corrected chi connectivity index (χ4v) is 4.44. The summed E-state index contributed by atoms with van der Waals surface area (Å²) < 4.78 is 11.7. The van der Waals surface area contributed by atoms with E-state index in [0.29, 0.717) is 32.0 Å². The van der Waals surface area contributed by atoms with Crippen LogP contribution in [0.5, 0.6) is 11.5 Å². The second-order valence-electron chi connectivity index (χ2n) is 6.74. The van der Waals surface area contributed by atoms with E-state index in [2.05, 4.69) is 10.5 Å². The monoisotopic (exact) mass is 498 g/mol. The summed E-state index contributed by atoms with van der Waals surface area (Å²) in [5.41, 5.74) is 3.00.